The predicted octanol–water partition coefficient (Wildman–Crippen LogP) is 3.07. The molecule has 1 spiro atoms. The fourth-order valence-corrected chi connectivity index (χ4v) is 4.41. The smallest absolute Gasteiger partial charge is 0.235 e. The van der Waals surface area contributed by atoms with Gasteiger partial charge in [0, 0.05) is 44.1 Å². The number of carbonyl (C=O) groups excluding carboxylic acids is 1. The van der Waals surface area contributed by atoms with Crippen LogP contribution in [0.5, 0.6) is 0 Å². The van der Waals surface area contributed by atoms with Gasteiger partial charge in [0.15, 0.2) is 0 Å². The van der Waals surface area contributed by atoms with E-state index < -0.39 is 0 Å². The Balaban J connectivity index is 1.42. The second-order valence-electron chi connectivity index (χ2n) is 7.62. The summed E-state index contributed by atoms with van der Waals surface area (Å²) in [4.78, 5) is 19.2. The quantitative estimate of drug-likeness (QED) is 0.890. The molecule has 26 heavy (non-hydrogen) atoms. The van der Waals surface area contributed by atoms with Crippen molar-refractivity contribution < 1.29 is 4.79 Å². The molecule has 136 valence electrons. The summed E-state index contributed by atoms with van der Waals surface area (Å²) in [5, 5.41) is 6.76. The van der Waals surface area contributed by atoms with Crippen LogP contribution in [-0.4, -0.2) is 31.0 Å². The highest BCUT2D eigenvalue weighted by atomic mass is 16.2. The van der Waals surface area contributed by atoms with Gasteiger partial charge in [0.2, 0.25) is 5.91 Å². The number of benzene rings is 1. The van der Waals surface area contributed by atoms with Gasteiger partial charge in [-0.2, -0.15) is 0 Å². The highest BCUT2D eigenvalue weighted by Gasteiger charge is 2.48. The Bertz CT molecular complexity index is 809. The van der Waals surface area contributed by atoms with E-state index >= 15 is 0 Å². The van der Waals surface area contributed by atoms with Gasteiger partial charge in [-0.1, -0.05) is 24.3 Å². The number of hydrogen-bond acceptors (Lipinski definition) is 4. The average Bonchev–Trinajstić information content (AvgIpc) is 2.93. The maximum atomic E-state index is 12.7. The first-order valence-corrected chi connectivity index (χ1v) is 9.36. The van der Waals surface area contributed by atoms with E-state index in [9.17, 15) is 4.79 Å². The van der Waals surface area contributed by atoms with Crippen LogP contribution in [0.15, 0.2) is 42.6 Å². The number of nitrogens with one attached hydrogen (secondary N) is 2. The largest absolute Gasteiger partial charge is 0.362 e. The molecule has 1 aromatic carbocycles. The maximum Gasteiger partial charge on any atom is 0.235 e. The van der Waals surface area contributed by atoms with Crippen molar-refractivity contribution in [1.29, 1.82) is 0 Å². The Morgan fingerprint density at radius 1 is 1.19 bits per heavy atom. The number of pyridine rings is 1. The second-order valence-corrected chi connectivity index (χ2v) is 7.62. The van der Waals surface area contributed by atoms with Gasteiger partial charge in [-0.15, -0.1) is 0 Å². The average molecular weight is 350 g/mol. The van der Waals surface area contributed by atoms with Crippen LogP contribution in [-0.2, 0) is 16.8 Å². The number of aromatic nitrogens is 1. The first kappa shape index (κ1) is 17.0. The third kappa shape index (κ3) is 2.86. The Labute approximate surface area is 154 Å². The second kappa shape index (κ2) is 6.72. The molecule has 2 heterocycles. The van der Waals surface area contributed by atoms with Gasteiger partial charge in [0.05, 0.1) is 5.41 Å². The minimum atomic E-state index is -0.322. The summed E-state index contributed by atoms with van der Waals surface area (Å²) in [5.74, 6) is 1.19. The lowest BCUT2D eigenvalue weighted by Gasteiger charge is -2.36. The van der Waals surface area contributed by atoms with Crippen LogP contribution in [0.4, 0.5) is 11.5 Å². The molecular formula is C21H26N4O. The summed E-state index contributed by atoms with van der Waals surface area (Å²) in [6.45, 7) is 0.807. The first-order chi connectivity index (χ1) is 12.6. The summed E-state index contributed by atoms with van der Waals surface area (Å²) in [6, 6.07) is 12.7. The zero-order chi connectivity index (χ0) is 18.1. The molecule has 0 atom stereocenters. The standard InChI is InChI=1S/C21H26N4O/c1-25(2)19-15(6-5-13-22-19)14-23-16-9-11-21(12-10-16)17-7-3-4-8-18(17)24-20(21)26/h3-8,13,16,23H,9-12,14H2,1-2H3,(H,24,26). The number of anilines is 2. The van der Waals surface area contributed by atoms with Gasteiger partial charge in [-0.25, -0.2) is 4.98 Å². The van der Waals surface area contributed by atoms with E-state index in [1.165, 1.54) is 11.1 Å². The van der Waals surface area contributed by atoms with Crippen molar-refractivity contribution in [3.8, 4) is 0 Å². The topological polar surface area (TPSA) is 57.3 Å². The molecule has 2 N–H and O–H groups in total. The summed E-state index contributed by atoms with van der Waals surface area (Å²) in [5.41, 5.74) is 3.07. The number of amides is 1. The van der Waals surface area contributed by atoms with E-state index in [0.717, 1.165) is 43.7 Å². The van der Waals surface area contributed by atoms with Crippen molar-refractivity contribution in [2.45, 2.75) is 43.7 Å². The number of fused-ring (bicyclic) bond motifs is 2. The van der Waals surface area contributed by atoms with Crippen LogP contribution >= 0.6 is 0 Å². The van der Waals surface area contributed by atoms with Crippen LogP contribution in [0, 0.1) is 0 Å². The third-order valence-corrected chi connectivity index (χ3v) is 5.84. The molecule has 5 nitrogen and oxygen atoms in total. The minimum Gasteiger partial charge on any atom is -0.362 e. The van der Waals surface area contributed by atoms with Crippen LogP contribution in [0.25, 0.3) is 0 Å². The highest BCUT2D eigenvalue weighted by molar-refractivity contribution is 6.06. The first-order valence-electron chi connectivity index (χ1n) is 9.36. The molecule has 1 fully saturated rings. The van der Waals surface area contributed by atoms with Gasteiger partial charge in [-0.05, 0) is 43.4 Å². The fraction of sp³-hybridized carbons (Fsp3) is 0.429. The monoisotopic (exact) mass is 350 g/mol. The van der Waals surface area contributed by atoms with Crippen LogP contribution in [0.3, 0.4) is 0 Å². The van der Waals surface area contributed by atoms with Gasteiger partial charge in [0.25, 0.3) is 0 Å². The number of nitrogens with zero attached hydrogens (tertiary/aromatic N) is 2. The molecule has 1 aliphatic carbocycles. The lowest BCUT2D eigenvalue weighted by Crippen LogP contribution is -2.43. The maximum absolute atomic E-state index is 12.7. The summed E-state index contributed by atoms with van der Waals surface area (Å²) >= 11 is 0. The molecule has 0 radical (unpaired) electrons. The number of rotatable bonds is 4. The minimum absolute atomic E-state index is 0.180. The van der Waals surface area contributed by atoms with E-state index in [1.54, 1.807) is 0 Å². The molecule has 1 aliphatic heterocycles. The fourth-order valence-electron chi connectivity index (χ4n) is 4.41. The number of hydrogen-bond donors (Lipinski definition) is 2. The molecule has 2 aliphatic rings. The third-order valence-electron chi connectivity index (χ3n) is 5.84. The molecule has 4 rings (SSSR count). The van der Waals surface area contributed by atoms with Crippen molar-refractivity contribution >= 4 is 17.4 Å². The van der Waals surface area contributed by atoms with Crippen molar-refractivity contribution in [1.82, 2.24) is 10.3 Å². The van der Waals surface area contributed by atoms with Crippen molar-refractivity contribution in [3.63, 3.8) is 0 Å². The molecule has 0 saturated heterocycles. The molecule has 0 unspecified atom stereocenters. The van der Waals surface area contributed by atoms with Gasteiger partial charge in [-0.3, -0.25) is 4.79 Å². The molecule has 1 amide bonds. The Morgan fingerprint density at radius 3 is 2.73 bits per heavy atom. The number of para-hydroxylation sites is 1. The Morgan fingerprint density at radius 2 is 1.96 bits per heavy atom. The SMILES string of the molecule is CN(C)c1ncccc1CNC1CCC2(CC1)C(=O)Nc1ccccc12. The summed E-state index contributed by atoms with van der Waals surface area (Å²) in [7, 11) is 4.04. The van der Waals surface area contributed by atoms with E-state index in [2.05, 4.69) is 27.8 Å². The van der Waals surface area contributed by atoms with Crippen LogP contribution < -0.4 is 15.5 Å². The number of carbonyl (C=O) groups is 1. The van der Waals surface area contributed by atoms with E-state index in [-0.39, 0.29) is 11.3 Å². The lowest BCUT2D eigenvalue weighted by molar-refractivity contribution is -0.122. The Hall–Kier alpha value is -2.40. The lowest BCUT2D eigenvalue weighted by atomic mass is 9.69. The summed E-state index contributed by atoms with van der Waals surface area (Å²) < 4.78 is 0. The molecule has 1 aromatic heterocycles. The predicted molar refractivity (Wildman–Crippen MR) is 104 cm³/mol. The van der Waals surface area contributed by atoms with E-state index in [0.29, 0.717) is 6.04 Å². The highest BCUT2D eigenvalue weighted by Crippen LogP contribution is 2.47. The normalized spacial score (nSPS) is 24.4. The molecule has 1 saturated carbocycles. The van der Waals surface area contributed by atoms with Gasteiger partial charge < -0.3 is 15.5 Å². The Kier molecular flexibility index (Phi) is 4.41. The molecule has 2 aromatic rings. The van der Waals surface area contributed by atoms with Crippen molar-refractivity contribution in [2.75, 3.05) is 24.3 Å². The van der Waals surface area contributed by atoms with E-state index in [4.69, 9.17) is 0 Å². The molecule has 5 heteroatoms. The zero-order valence-corrected chi connectivity index (χ0v) is 15.5. The molecular weight excluding hydrogens is 324 g/mol. The van der Waals surface area contributed by atoms with Gasteiger partial charge >= 0.3 is 0 Å². The van der Waals surface area contributed by atoms with E-state index in [1.807, 2.05) is 49.5 Å². The van der Waals surface area contributed by atoms with Crippen molar-refractivity contribution in [3.05, 3.63) is 53.7 Å². The van der Waals surface area contributed by atoms with Gasteiger partial charge in [0.1, 0.15) is 5.82 Å². The molecule has 0 bridgehead atoms. The summed E-state index contributed by atoms with van der Waals surface area (Å²) in [6.07, 6.45) is 5.67. The van der Waals surface area contributed by atoms with Crippen LogP contribution in [0.2, 0.25) is 0 Å². The zero-order valence-electron chi connectivity index (χ0n) is 15.5. The van der Waals surface area contributed by atoms with Crippen molar-refractivity contribution in [2.24, 2.45) is 0 Å². The van der Waals surface area contributed by atoms with Crippen LogP contribution in [0.1, 0.15) is 36.8 Å².